The Balaban J connectivity index is 1.82. The first-order valence-corrected chi connectivity index (χ1v) is 5.92. The molecule has 0 saturated heterocycles. The topological polar surface area (TPSA) is 77.5 Å². The molecule has 0 aliphatic rings. The van der Waals surface area contributed by atoms with E-state index in [0.717, 1.165) is 5.56 Å². The van der Waals surface area contributed by atoms with Gasteiger partial charge in [-0.2, -0.15) is 0 Å². The van der Waals surface area contributed by atoms with E-state index >= 15 is 0 Å². The van der Waals surface area contributed by atoms with Crippen molar-refractivity contribution in [1.29, 1.82) is 0 Å². The van der Waals surface area contributed by atoms with Gasteiger partial charge in [0, 0.05) is 11.4 Å². The second kappa shape index (κ2) is 6.06. The Morgan fingerprint density at radius 2 is 2.21 bits per heavy atom. The Morgan fingerprint density at radius 3 is 2.95 bits per heavy atom. The lowest BCUT2D eigenvalue weighted by molar-refractivity contribution is -0.121. The van der Waals surface area contributed by atoms with Crippen molar-refractivity contribution in [3.8, 4) is 0 Å². The number of carbonyl (C=O) groups is 1. The molecule has 2 aromatic rings. The van der Waals surface area contributed by atoms with Gasteiger partial charge in [-0.15, -0.1) is 0 Å². The van der Waals surface area contributed by atoms with Crippen LogP contribution < -0.4 is 11.1 Å². The van der Waals surface area contributed by atoms with E-state index in [0.29, 0.717) is 17.1 Å². The van der Waals surface area contributed by atoms with Crippen molar-refractivity contribution < 1.29 is 13.9 Å². The minimum Gasteiger partial charge on any atom is -0.467 e. The largest absolute Gasteiger partial charge is 0.467 e. The molecule has 5 heteroatoms. The van der Waals surface area contributed by atoms with E-state index in [1.54, 1.807) is 36.6 Å². The van der Waals surface area contributed by atoms with E-state index < -0.39 is 0 Å². The Morgan fingerprint density at radius 1 is 1.37 bits per heavy atom. The number of ether oxygens (including phenoxy) is 1. The third kappa shape index (κ3) is 3.59. The molecule has 1 amide bonds. The number of amides is 1. The van der Waals surface area contributed by atoms with E-state index in [2.05, 4.69) is 5.32 Å². The molecule has 0 aliphatic carbocycles. The van der Waals surface area contributed by atoms with E-state index in [-0.39, 0.29) is 19.1 Å². The number of rotatable bonds is 5. The zero-order valence-electron chi connectivity index (χ0n) is 10.7. The molecule has 19 heavy (non-hydrogen) atoms. The van der Waals surface area contributed by atoms with Crippen LogP contribution in [0.5, 0.6) is 0 Å². The van der Waals surface area contributed by atoms with E-state index in [1.807, 2.05) is 6.92 Å². The first-order chi connectivity index (χ1) is 9.16. The fourth-order valence-electron chi connectivity index (χ4n) is 1.61. The molecule has 5 nitrogen and oxygen atoms in total. The van der Waals surface area contributed by atoms with Gasteiger partial charge in [0.25, 0.3) is 0 Å². The number of nitrogens with one attached hydrogen (secondary N) is 1. The van der Waals surface area contributed by atoms with Crippen LogP contribution in [0.3, 0.4) is 0 Å². The number of nitrogen functional groups attached to an aromatic ring is 1. The fraction of sp³-hybridized carbons (Fsp3) is 0.214. The lowest BCUT2D eigenvalue weighted by Crippen LogP contribution is -2.19. The lowest BCUT2D eigenvalue weighted by atomic mass is 10.1. The fourth-order valence-corrected chi connectivity index (χ4v) is 1.61. The summed E-state index contributed by atoms with van der Waals surface area (Å²) >= 11 is 0. The summed E-state index contributed by atoms with van der Waals surface area (Å²) in [6.07, 6.45) is 1.56. The second-order valence-corrected chi connectivity index (χ2v) is 4.14. The zero-order valence-corrected chi connectivity index (χ0v) is 10.7. The van der Waals surface area contributed by atoms with Crippen LogP contribution in [0.2, 0.25) is 0 Å². The highest BCUT2D eigenvalue weighted by Crippen LogP contribution is 2.20. The van der Waals surface area contributed by atoms with Gasteiger partial charge in [-0.05, 0) is 36.8 Å². The number of hydrogen-bond donors (Lipinski definition) is 2. The molecule has 0 bridgehead atoms. The number of nitrogens with two attached hydrogens (primary N) is 1. The van der Waals surface area contributed by atoms with Crippen molar-refractivity contribution in [2.45, 2.75) is 13.5 Å². The summed E-state index contributed by atoms with van der Waals surface area (Å²) in [7, 11) is 0. The van der Waals surface area contributed by atoms with Gasteiger partial charge in [0.15, 0.2) is 0 Å². The van der Waals surface area contributed by atoms with E-state index in [4.69, 9.17) is 14.9 Å². The quantitative estimate of drug-likeness (QED) is 0.809. The van der Waals surface area contributed by atoms with Crippen LogP contribution in [-0.4, -0.2) is 12.5 Å². The van der Waals surface area contributed by atoms with Gasteiger partial charge in [-0.25, -0.2) is 0 Å². The molecule has 2 rings (SSSR count). The molecular formula is C14H16N2O3. The summed E-state index contributed by atoms with van der Waals surface area (Å²) in [5.74, 6) is 0.466. The summed E-state index contributed by atoms with van der Waals surface area (Å²) in [4.78, 5) is 11.7. The molecular weight excluding hydrogens is 244 g/mol. The van der Waals surface area contributed by atoms with Crippen molar-refractivity contribution >= 4 is 17.3 Å². The van der Waals surface area contributed by atoms with Crippen LogP contribution in [0.1, 0.15) is 11.3 Å². The molecule has 0 unspecified atom stereocenters. The highest BCUT2D eigenvalue weighted by Gasteiger charge is 2.07. The average Bonchev–Trinajstić information content (AvgIpc) is 2.88. The monoisotopic (exact) mass is 260 g/mol. The number of anilines is 2. The molecule has 1 aromatic heterocycles. The van der Waals surface area contributed by atoms with E-state index in [1.165, 1.54) is 0 Å². The predicted octanol–water partition coefficient (Wildman–Crippen LogP) is 2.33. The molecule has 0 aliphatic heterocycles. The van der Waals surface area contributed by atoms with Crippen molar-refractivity contribution in [2.75, 3.05) is 17.7 Å². The number of benzene rings is 1. The van der Waals surface area contributed by atoms with Crippen LogP contribution in [0, 0.1) is 6.92 Å². The minimum atomic E-state index is -0.222. The van der Waals surface area contributed by atoms with Crippen molar-refractivity contribution in [3.63, 3.8) is 0 Å². The van der Waals surface area contributed by atoms with Gasteiger partial charge in [0.1, 0.15) is 19.0 Å². The average molecular weight is 260 g/mol. The third-order valence-electron chi connectivity index (χ3n) is 2.71. The van der Waals surface area contributed by atoms with Crippen LogP contribution in [0.4, 0.5) is 11.4 Å². The third-order valence-corrected chi connectivity index (χ3v) is 2.71. The highest BCUT2D eigenvalue weighted by atomic mass is 16.5. The smallest absolute Gasteiger partial charge is 0.250 e. The highest BCUT2D eigenvalue weighted by molar-refractivity contribution is 5.93. The normalized spacial score (nSPS) is 10.4. The van der Waals surface area contributed by atoms with Gasteiger partial charge in [-0.1, -0.05) is 6.07 Å². The molecule has 0 radical (unpaired) electrons. The first-order valence-electron chi connectivity index (χ1n) is 5.92. The Kier molecular flexibility index (Phi) is 4.20. The van der Waals surface area contributed by atoms with Gasteiger partial charge < -0.3 is 20.2 Å². The molecule has 0 fully saturated rings. The zero-order chi connectivity index (χ0) is 13.7. The van der Waals surface area contributed by atoms with Gasteiger partial charge in [-0.3, -0.25) is 4.79 Å². The number of hydrogen-bond acceptors (Lipinski definition) is 4. The van der Waals surface area contributed by atoms with Gasteiger partial charge >= 0.3 is 0 Å². The SMILES string of the molecule is Cc1c(N)cccc1NC(=O)COCc1ccco1. The minimum absolute atomic E-state index is 0.0328. The number of carbonyl (C=O) groups excluding carboxylic acids is 1. The predicted molar refractivity (Wildman–Crippen MR) is 72.6 cm³/mol. The first kappa shape index (κ1) is 13.2. The Bertz CT molecular complexity index is 550. The molecule has 0 saturated carbocycles. The summed E-state index contributed by atoms with van der Waals surface area (Å²) in [6, 6.07) is 8.95. The Hall–Kier alpha value is -2.27. The standard InChI is InChI=1S/C14H16N2O3/c1-10-12(15)5-2-6-13(10)16-14(17)9-18-8-11-4-3-7-19-11/h2-7H,8-9,15H2,1H3,(H,16,17). The van der Waals surface area contributed by atoms with Crippen LogP contribution in [0.25, 0.3) is 0 Å². The maximum absolute atomic E-state index is 11.7. The molecule has 0 atom stereocenters. The second-order valence-electron chi connectivity index (χ2n) is 4.14. The molecule has 0 spiro atoms. The molecule has 1 heterocycles. The summed E-state index contributed by atoms with van der Waals surface area (Å²) in [6.45, 7) is 2.10. The summed E-state index contributed by atoms with van der Waals surface area (Å²) < 4.78 is 10.3. The summed E-state index contributed by atoms with van der Waals surface area (Å²) in [5, 5.41) is 2.76. The summed E-state index contributed by atoms with van der Waals surface area (Å²) in [5.41, 5.74) is 7.96. The van der Waals surface area contributed by atoms with Crippen molar-refractivity contribution in [2.24, 2.45) is 0 Å². The van der Waals surface area contributed by atoms with Crippen molar-refractivity contribution in [3.05, 3.63) is 47.9 Å². The van der Waals surface area contributed by atoms with Crippen LogP contribution in [-0.2, 0) is 16.1 Å². The molecule has 3 N–H and O–H groups in total. The van der Waals surface area contributed by atoms with Gasteiger partial charge in [0.05, 0.1) is 6.26 Å². The maximum Gasteiger partial charge on any atom is 0.250 e. The maximum atomic E-state index is 11.7. The molecule has 1 aromatic carbocycles. The van der Waals surface area contributed by atoms with Crippen LogP contribution in [0.15, 0.2) is 41.0 Å². The molecule has 100 valence electrons. The van der Waals surface area contributed by atoms with Gasteiger partial charge in [0.2, 0.25) is 5.91 Å². The van der Waals surface area contributed by atoms with Crippen LogP contribution >= 0.6 is 0 Å². The van der Waals surface area contributed by atoms with E-state index in [9.17, 15) is 4.79 Å². The van der Waals surface area contributed by atoms with Crippen molar-refractivity contribution in [1.82, 2.24) is 0 Å². The lowest BCUT2D eigenvalue weighted by Gasteiger charge is -2.10. The number of furan rings is 1. The Labute approximate surface area is 111 Å².